The third-order valence-corrected chi connectivity index (χ3v) is 3.00. The summed E-state index contributed by atoms with van der Waals surface area (Å²) < 4.78 is 13.7. The molecule has 3 rings (SSSR count). The Balaban J connectivity index is 2.38. The minimum Gasteiger partial charge on any atom is -0.383 e. The van der Waals surface area contributed by atoms with Crippen LogP contribution in [0.25, 0.3) is 21.9 Å². The van der Waals surface area contributed by atoms with Crippen molar-refractivity contribution in [1.82, 2.24) is 4.98 Å². The molecule has 0 saturated heterocycles. The van der Waals surface area contributed by atoms with Gasteiger partial charge in [-0.2, -0.15) is 0 Å². The highest BCUT2D eigenvalue weighted by Crippen LogP contribution is 2.32. The molecule has 3 aromatic rings. The van der Waals surface area contributed by atoms with Crippen LogP contribution in [0.4, 0.5) is 10.2 Å². The van der Waals surface area contributed by atoms with Crippen LogP contribution in [-0.2, 0) is 0 Å². The van der Waals surface area contributed by atoms with E-state index in [1.54, 1.807) is 18.3 Å². The Morgan fingerprint density at radius 2 is 1.61 bits per heavy atom. The van der Waals surface area contributed by atoms with Crippen LogP contribution in [0.15, 0.2) is 54.7 Å². The summed E-state index contributed by atoms with van der Waals surface area (Å²) >= 11 is 0. The average molecular weight is 238 g/mol. The molecule has 1 aromatic heterocycles. The van der Waals surface area contributed by atoms with E-state index in [9.17, 15) is 4.39 Å². The summed E-state index contributed by atoms with van der Waals surface area (Å²) in [7, 11) is 0. The highest BCUT2D eigenvalue weighted by Gasteiger charge is 2.09. The van der Waals surface area contributed by atoms with Gasteiger partial charge in [0.15, 0.2) is 0 Å². The molecule has 88 valence electrons. The lowest BCUT2D eigenvalue weighted by Crippen LogP contribution is -1.94. The summed E-state index contributed by atoms with van der Waals surface area (Å²) in [6, 6.07) is 14.3. The van der Waals surface area contributed by atoms with E-state index in [1.165, 1.54) is 6.07 Å². The molecule has 1 heterocycles. The van der Waals surface area contributed by atoms with Gasteiger partial charge in [-0.05, 0) is 29.1 Å². The number of pyridine rings is 1. The molecule has 0 aliphatic heterocycles. The zero-order valence-electron chi connectivity index (χ0n) is 9.60. The maximum absolute atomic E-state index is 13.7. The smallest absolute Gasteiger partial charge is 0.131 e. The van der Waals surface area contributed by atoms with Crippen molar-refractivity contribution in [2.24, 2.45) is 0 Å². The van der Waals surface area contributed by atoms with E-state index in [0.29, 0.717) is 11.2 Å². The van der Waals surface area contributed by atoms with Gasteiger partial charge in [0.25, 0.3) is 0 Å². The Labute approximate surface area is 104 Å². The zero-order valence-corrected chi connectivity index (χ0v) is 9.60. The van der Waals surface area contributed by atoms with Crippen molar-refractivity contribution >= 4 is 16.6 Å². The number of nitrogens with zero attached hydrogens (tertiary/aromatic N) is 1. The van der Waals surface area contributed by atoms with Crippen molar-refractivity contribution in [2.75, 3.05) is 5.73 Å². The highest BCUT2D eigenvalue weighted by molar-refractivity contribution is 5.98. The molecule has 0 aliphatic rings. The summed E-state index contributed by atoms with van der Waals surface area (Å²) in [5, 5.41) is 1.44. The van der Waals surface area contributed by atoms with E-state index in [4.69, 9.17) is 5.73 Å². The van der Waals surface area contributed by atoms with Gasteiger partial charge in [0.05, 0.1) is 0 Å². The van der Waals surface area contributed by atoms with E-state index in [0.717, 1.165) is 16.5 Å². The van der Waals surface area contributed by atoms with Crippen molar-refractivity contribution in [2.45, 2.75) is 0 Å². The average Bonchev–Trinajstić information content (AvgIpc) is 2.41. The number of nitrogen functional groups attached to an aromatic ring is 1. The van der Waals surface area contributed by atoms with Crippen LogP contribution in [0.5, 0.6) is 0 Å². The molecule has 2 N–H and O–H groups in total. The maximum Gasteiger partial charge on any atom is 0.131 e. The third kappa shape index (κ3) is 1.61. The number of anilines is 1. The molecule has 0 fully saturated rings. The van der Waals surface area contributed by atoms with Gasteiger partial charge in [-0.25, -0.2) is 9.37 Å². The van der Waals surface area contributed by atoms with Gasteiger partial charge in [-0.3, -0.25) is 0 Å². The SMILES string of the molecule is Nc1ncccc1-c1ccc(F)c2ccccc12. The van der Waals surface area contributed by atoms with Gasteiger partial charge in [-0.1, -0.05) is 30.3 Å². The van der Waals surface area contributed by atoms with Gasteiger partial charge >= 0.3 is 0 Å². The molecule has 0 radical (unpaired) electrons. The van der Waals surface area contributed by atoms with E-state index in [1.807, 2.05) is 30.3 Å². The van der Waals surface area contributed by atoms with Crippen LogP contribution in [0.2, 0.25) is 0 Å². The number of nitrogens with two attached hydrogens (primary N) is 1. The number of hydrogen-bond acceptors (Lipinski definition) is 2. The number of rotatable bonds is 1. The predicted octanol–water partition coefficient (Wildman–Crippen LogP) is 3.62. The Kier molecular flexibility index (Phi) is 2.45. The first-order chi connectivity index (χ1) is 8.77. The number of hydrogen-bond donors (Lipinski definition) is 1. The molecule has 0 atom stereocenters. The fourth-order valence-electron chi connectivity index (χ4n) is 2.14. The molecule has 0 bridgehead atoms. The lowest BCUT2D eigenvalue weighted by Gasteiger charge is -2.09. The number of aromatic nitrogens is 1. The second kappa shape index (κ2) is 4.11. The second-order valence-electron chi connectivity index (χ2n) is 4.08. The normalized spacial score (nSPS) is 10.7. The summed E-state index contributed by atoms with van der Waals surface area (Å²) in [5.74, 6) is 0.228. The Morgan fingerprint density at radius 1 is 0.833 bits per heavy atom. The van der Waals surface area contributed by atoms with E-state index >= 15 is 0 Å². The molecule has 0 spiro atoms. The molecule has 0 aliphatic carbocycles. The lowest BCUT2D eigenvalue weighted by atomic mass is 9.98. The quantitative estimate of drug-likeness (QED) is 0.703. The number of fused-ring (bicyclic) bond motifs is 1. The van der Waals surface area contributed by atoms with Gasteiger partial charge < -0.3 is 5.73 Å². The summed E-state index contributed by atoms with van der Waals surface area (Å²) in [6.45, 7) is 0. The van der Waals surface area contributed by atoms with E-state index < -0.39 is 0 Å². The van der Waals surface area contributed by atoms with E-state index in [-0.39, 0.29) is 5.82 Å². The number of halogens is 1. The van der Waals surface area contributed by atoms with Crippen LogP contribution in [0, 0.1) is 5.82 Å². The lowest BCUT2D eigenvalue weighted by molar-refractivity contribution is 0.640. The molecular formula is C15H11FN2. The van der Waals surface area contributed by atoms with Crippen LogP contribution < -0.4 is 5.73 Å². The van der Waals surface area contributed by atoms with Crippen molar-refractivity contribution in [3.63, 3.8) is 0 Å². The van der Waals surface area contributed by atoms with Crippen LogP contribution in [0.1, 0.15) is 0 Å². The van der Waals surface area contributed by atoms with Gasteiger partial charge in [0.2, 0.25) is 0 Å². The van der Waals surface area contributed by atoms with E-state index in [2.05, 4.69) is 4.98 Å². The Bertz CT molecular complexity index is 723. The van der Waals surface area contributed by atoms with Crippen LogP contribution in [-0.4, -0.2) is 4.98 Å². The maximum atomic E-state index is 13.7. The Morgan fingerprint density at radius 3 is 2.39 bits per heavy atom. The van der Waals surface area contributed by atoms with Crippen molar-refractivity contribution in [3.05, 3.63) is 60.5 Å². The number of benzene rings is 2. The van der Waals surface area contributed by atoms with Crippen molar-refractivity contribution < 1.29 is 4.39 Å². The molecule has 2 nitrogen and oxygen atoms in total. The fraction of sp³-hybridized carbons (Fsp3) is 0. The first-order valence-corrected chi connectivity index (χ1v) is 5.65. The molecular weight excluding hydrogens is 227 g/mol. The molecule has 2 aromatic carbocycles. The van der Waals surface area contributed by atoms with Gasteiger partial charge in [0, 0.05) is 17.1 Å². The minimum absolute atomic E-state index is 0.225. The summed E-state index contributed by atoms with van der Waals surface area (Å²) in [4.78, 5) is 4.07. The molecule has 3 heteroatoms. The molecule has 0 unspecified atom stereocenters. The summed E-state index contributed by atoms with van der Waals surface area (Å²) in [5.41, 5.74) is 7.60. The van der Waals surface area contributed by atoms with Gasteiger partial charge in [0.1, 0.15) is 11.6 Å². The topological polar surface area (TPSA) is 38.9 Å². The standard InChI is InChI=1S/C15H11FN2/c16-14-8-7-11(10-4-1-2-5-12(10)14)13-6-3-9-18-15(13)17/h1-9H,(H2,17,18). The summed E-state index contributed by atoms with van der Waals surface area (Å²) in [6.07, 6.45) is 1.64. The van der Waals surface area contributed by atoms with Crippen molar-refractivity contribution in [3.8, 4) is 11.1 Å². The fourth-order valence-corrected chi connectivity index (χ4v) is 2.14. The molecule has 18 heavy (non-hydrogen) atoms. The first-order valence-electron chi connectivity index (χ1n) is 5.65. The van der Waals surface area contributed by atoms with Crippen molar-refractivity contribution in [1.29, 1.82) is 0 Å². The molecule has 0 saturated carbocycles. The minimum atomic E-state index is -0.225. The monoisotopic (exact) mass is 238 g/mol. The third-order valence-electron chi connectivity index (χ3n) is 3.00. The zero-order chi connectivity index (χ0) is 12.5. The molecule has 0 amide bonds. The highest BCUT2D eigenvalue weighted by atomic mass is 19.1. The largest absolute Gasteiger partial charge is 0.383 e. The predicted molar refractivity (Wildman–Crippen MR) is 71.5 cm³/mol. The van der Waals surface area contributed by atoms with Gasteiger partial charge in [-0.15, -0.1) is 0 Å². The van der Waals surface area contributed by atoms with Crippen LogP contribution in [0.3, 0.4) is 0 Å². The Hall–Kier alpha value is -2.42. The van der Waals surface area contributed by atoms with Crippen LogP contribution >= 0.6 is 0 Å². The first kappa shape index (κ1) is 10.7. The second-order valence-corrected chi connectivity index (χ2v) is 4.08.